The lowest BCUT2D eigenvalue weighted by Gasteiger charge is -2.16. The molecule has 0 saturated carbocycles. The van der Waals surface area contributed by atoms with Crippen molar-refractivity contribution >= 4 is 39.1 Å². The number of carbonyl (C=O) groups is 2. The largest absolute Gasteiger partial charge is 0.495 e. The molecule has 10 heteroatoms. The Hall–Kier alpha value is -2.00. The molecule has 27 heavy (non-hydrogen) atoms. The molecule has 2 saturated heterocycles. The normalized spacial score (nSPS) is 25.4. The summed E-state index contributed by atoms with van der Waals surface area (Å²) in [7, 11) is -1.74. The van der Waals surface area contributed by atoms with Crippen LogP contribution in [0.15, 0.2) is 18.2 Å². The van der Waals surface area contributed by atoms with Crippen molar-refractivity contribution in [3.63, 3.8) is 0 Å². The summed E-state index contributed by atoms with van der Waals surface area (Å²) < 4.78 is 29.7. The minimum Gasteiger partial charge on any atom is -0.495 e. The lowest BCUT2D eigenvalue weighted by molar-refractivity contribution is -0.116. The lowest BCUT2D eigenvalue weighted by atomic mass is 10.0. The summed E-state index contributed by atoms with van der Waals surface area (Å²) in [6, 6.07) is 3.89. The molecule has 0 aromatic heterocycles. The Bertz CT molecular complexity index is 845. The van der Waals surface area contributed by atoms with E-state index in [-0.39, 0.29) is 36.2 Å². The first kappa shape index (κ1) is 19.8. The number of hydrogen-bond donors (Lipinski definition) is 3. The third kappa shape index (κ3) is 4.47. The molecule has 8 nitrogen and oxygen atoms in total. The Morgan fingerprint density at radius 1 is 1.33 bits per heavy atom. The molecule has 2 fully saturated rings. The number of urea groups is 1. The van der Waals surface area contributed by atoms with E-state index >= 15 is 0 Å². The fourth-order valence-corrected chi connectivity index (χ4v) is 6.07. The van der Waals surface area contributed by atoms with E-state index in [9.17, 15) is 18.0 Å². The van der Waals surface area contributed by atoms with Crippen molar-refractivity contribution < 1.29 is 22.7 Å². The van der Waals surface area contributed by atoms with Crippen LogP contribution in [0.1, 0.15) is 25.7 Å². The van der Waals surface area contributed by atoms with Gasteiger partial charge in [-0.05, 0) is 31.0 Å². The van der Waals surface area contributed by atoms with E-state index in [0.717, 1.165) is 0 Å². The highest BCUT2D eigenvalue weighted by Gasteiger charge is 2.51. The summed E-state index contributed by atoms with van der Waals surface area (Å²) in [5.74, 6) is 0.287. The molecule has 3 amide bonds. The van der Waals surface area contributed by atoms with Crippen molar-refractivity contribution in [3.8, 4) is 5.75 Å². The molecule has 0 radical (unpaired) electrons. The van der Waals surface area contributed by atoms with Crippen LogP contribution in [0.5, 0.6) is 5.75 Å². The molecule has 148 valence electrons. The van der Waals surface area contributed by atoms with Crippen molar-refractivity contribution in [3.05, 3.63) is 23.2 Å². The van der Waals surface area contributed by atoms with E-state index in [1.54, 1.807) is 18.2 Å². The third-order valence-electron chi connectivity index (χ3n) is 4.90. The molecule has 3 rings (SSSR count). The van der Waals surface area contributed by atoms with Gasteiger partial charge in [-0.2, -0.15) is 0 Å². The Labute approximate surface area is 162 Å². The highest BCUT2D eigenvalue weighted by Crippen LogP contribution is 2.29. The SMILES string of the molecule is COc1ccc(Cl)cc1NC(=O)CCCC[C@@H]1[C@@H]2NC(=O)N[C@@H]2CS1(=O)=O. The van der Waals surface area contributed by atoms with Crippen LogP contribution >= 0.6 is 11.6 Å². The number of hydrogen-bond acceptors (Lipinski definition) is 5. The molecule has 0 bridgehead atoms. The first-order chi connectivity index (χ1) is 12.8. The van der Waals surface area contributed by atoms with E-state index in [1.807, 2.05) is 0 Å². The zero-order valence-corrected chi connectivity index (χ0v) is 16.4. The smallest absolute Gasteiger partial charge is 0.315 e. The molecule has 2 aliphatic heterocycles. The van der Waals surface area contributed by atoms with E-state index in [1.165, 1.54) is 7.11 Å². The number of rotatable bonds is 7. The van der Waals surface area contributed by atoms with E-state index < -0.39 is 15.1 Å². The van der Waals surface area contributed by atoms with E-state index in [4.69, 9.17) is 16.3 Å². The molecule has 1 aromatic rings. The molecule has 3 N–H and O–H groups in total. The highest BCUT2D eigenvalue weighted by atomic mass is 35.5. The van der Waals surface area contributed by atoms with Crippen LogP contribution in [-0.2, 0) is 14.6 Å². The van der Waals surface area contributed by atoms with Gasteiger partial charge in [0.05, 0.1) is 35.9 Å². The number of fused-ring (bicyclic) bond motifs is 1. The molecule has 0 spiro atoms. The van der Waals surface area contributed by atoms with Crippen LogP contribution in [0.25, 0.3) is 0 Å². The molecule has 1 aromatic carbocycles. The van der Waals surface area contributed by atoms with E-state index in [0.29, 0.717) is 35.7 Å². The van der Waals surface area contributed by atoms with E-state index in [2.05, 4.69) is 16.0 Å². The second kappa shape index (κ2) is 7.93. The van der Waals surface area contributed by atoms with Gasteiger partial charge >= 0.3 is 6.03 Å². The van der Waals surface area contributed by atoms with Crippen molar-refractivity contribution in [2.45, 2.75) is 43.0 Å². The maximum absolute atomic E-state index is 12.3. The van der Waals surface area contributed by atoms with Crippen molar-refractivity contribution in [2.75, 3.05) is 18.2 Å². The summed E-state index contributed by atoms with van der Waals surface area (Å²) in [6.45, 7) is 0. The molecular weight excluding hydrogens is 394 g/mol. The minimum absolute atomic E-state index is 0.0316. The number of anilines is 1. The number of nitrogens with one attached hydrogen (secondary N) is 3. The number of unbranched alkanes of at least 4 members (excludes halogenated alkanes) is 1. The quantitative estimate of drug-likeness (QED) is 0.463. The predicted molar refractivity (Wildman–Crippen MR) is 102 cm³/mol. The van der Waals surface area contributed by atoms with Crippen LogP contribution in [0.2, 0.25) is 5.02 Å². The minimum atomic E-state index is -3.24. The maximum atomic E-state index is 12.3. The number of carbonyl (C=O) groups excluding carboxylic acids is 2. The number of benzene rings is 1. The van der Waals surface area contributed by atoms with Gasteiger partial charge in [0.25, 0.3) is 0 Å². The number of sulfone groups is 1. The van der Waals surface area contributed by atoms with Gasteiger partial charge in [0.2, 0.25) is 5.91 Å². The molecule has 0 unspecified atom stereocenters. The van der Waals surface area contributed by atoms with Crippen LogP contribution in [0, 0.1) is 0 Å². The summed E-state index contributed by atoms with van der Waals surface area (Å²) in [5, 5.41) is 7.97. The van der Waals surface area contributed by atoms with Crippen LogP contribution in [0.3, 0.4) is 0 Å². The monoisotopic (exact) mass is 415 g/mol. The second-order valence-corrected chi connectivity index (χ2v) is 9.46. The summed E-state index contributed by atoms with van der Waals surface area (Å²) in [5.41, 5.74) is 0.496. The number of ether oxygens (including phenoxy) is 1. The van der Waals surface area contributed by atoms with Gasteiger partial charge in [-0.25, -0.2) is 13.2 Å². The molecular formula is C17H22ClN3O5S. The van der Waals surface area contributed by atoms with Crippen LogP contribution < -0.4 is 20.7 Å². The zero-order valence-electron chi connectivity index (χ0n) is 14.8. The second-order valence-electron chi connectivity index (χ2n) is 6.76. The molecule has 0 aliphatic carbocycles. The van der Waals surface area contributed by atoms with Crippen molar-refractivity contribution in [2.24, 2.45) is 0 Å². The Morgan fingerprint density at radius 2 is 2.11 bits per heavy atom. The Balaban J connectivity index is 1.48. The summed E-state index contributed by atoms with van der Waals surface area (Å²) in [4.78, 5) is 23.5. The van der Waals surface area contributed by atoms with Crippen molar-refractivity contribution in [1.29, 1.82) is 0 Å². The van der Waals surface area contributed by atoms with Gasteiger partial charge in [0, 0.05) is 11.4 Å². The van der Waals surface area contributed by atoms with Crippen molar-refractivity contribution in [1.82, 2.24) is 10.6 Å². The maximum Gasteiger partial charge on any atom is 0.315 e. The fourth-order valence-electron chi connectivity index (χ4n) is 3.63. The molecule has 2 heterocycles. The average molecular weight is 416 g/mol. The van der Waals surface area contributed by atoms with Gasteiger partial charge in [-0.1, -0.05) is 18.0 Å². The summed E-state index contributed by atoms with van der Waals surface area (Å²) in [6.07, 6.45) is 1.78. The molecule has 2 aliphatic rings. The van der Waals surface area contributed by atoms with Gasteiger partial charge < -0.3 is 20.7 Å². The van der Waals surface area contributed by atoms with Gasteiger partial charge in [0.15, 0.2) is 9.84 Å². The Kier molecular flexibility index (Phi) is 5.81. The third-order valence-corrected chi connectivity index (χ3v) is 7.41. The fraction of sp³-hybridized carbons (Fsp3) is 0.529. The van der Waals surface area contributed by atoms with Crippen LogP contribution in [0.4, 0.5) is 10.5 Å². The summed E-state index contributed by atoms with van der Waals surface area (Å²) >= 11 is 5.94. The zero-order chi connectivity index (χ0) is 19.6. The van der Waals surface area contributed by atoms with Gasteiger partial charge in [0.1, 0.15) is 5.75 Å². The topological polar surface area (TPSA) is 114 Å². The Morgan fingerprint density at radius 3 is 2.85 bits per heavy atom. The number of methoxy groups -OCH3 is 1. The lowest BCUT2D eigenvalue weighted by Crippen LogP contribution is -2.39. The average Bonchev–Trinajstić information content (AvgIpc) is 3.03. The molecule has 3 atom stereocenters. The standard InChI is InChI=1S/C17H22ClN3O5S/c1-26-13-7-6-10(18)8-11(13)19-15(22)5-3-2-4-14-16-12(9-27(14,24)25)20-17(23)21-16/h6-8,12,14,16H,2-5,9H2,1H3,(H,19,22)(H2,20,21,23)/t12-,14-,16-/m1/s1. The first-order valence-corrected chi connectivity index (χ1v) is 10.8. The highest BCUT2D eigenvalue weighted by molar-refractivity contribution is 7.92. The number of halogens is 1. The number of amides is 3. The predicted octanol–water partition coefficient (Wildman–Crippen LogP) is 1.69. The first-order valence-electron chi connectivity index (χ1n) is 8.72. The van der Waals surface area contributed by atoms with Gasteiger partial charge in [-0.3, -0.25) is 4.79 Å². The van der Waals surface area contributed by atoms with Crippen LogP contribution in [-0.4, -0.2) is 50.6 Å². The van der Waals surface area contributed by atoms with Gasteiger partial charge in [-0.15, -0.1) is 0 Å².